The van der Waals surface area contributed by atoms with Crippen LogP contribution in [0.25, 0.3) is 22.2 Å². The summed E-state index contributed by atoms with van der Waals surface area (Å²) in [6, 6.07) is 12.8. The Labute approximate surface area is 179 Å². The fourth-order valence-electron chi connectivity index (χ4n) is 2.79. The first-order valence-corrected chi connectivity index (χ1v) is 9.70. The van der Waals surface area contributed by atoms with E-state index in [2.05, 4.69) is 15.3 Å². The predicted molar refractivity (Wildman–Crippen MR) is 114 cm³/mol. The van der Waals surface area contributed by atoms with Crippen LogP contribution in [0.1, 0.15) is 26.6 Å². The second-order valence-corrected chi connectivity index (χ2v) is 7.96. The number of benzene rings is 2. The lowest BCUT2D eigenvalue weighted by Crippen LogP contribution is -2.32. The lowest BCUT2D eigenvalue weighted by molar-refractivity contribution is -0.148. The van der Waals surface area contributed by atoms with Crippen LogP contribution in [0.15, 0.2) is 42.5 Å². The molecule has 3 rings (SSSR count). The number of aromatic nitrogens is 2. The predicted octanol–water partition coefficient (Wildman–Crippen LogP) is 3.08. The average Bonchev–Trinajstić information content (AvgIpc) is 3.11. The van der Waals surface area contributed by atoms with Crippen LogP contribution in [-0.4, -0.2) is 50.6 Å². The number of aliphatic hydroxyl groups is 1. The molecule has 1 amide bonds. The monoisotopic (exact) mass is 427 g/mol. The van der Waals surface area contributed by atoms with Gasteiger partial charge in [0.1, 0.15) is 23.8 Å². The number of hydrogen-bond acceptors (Lipinski definition) is 6. The third-order valence-electron chi connectivity index (χ3n) is 4.21. The number of nitrogens with one attached hydrogen (secondary N) is 2. The molecule has 0 bridgehead atoms. The summed E-state index contributed by atoms with van der Waals surface area (Å²) in [6.45, 7) is 5.29. The van der Waals surface area contributed by atoms with Gasteiger partial charge in [0.05, 0.1) is 17.6 Å². The maximum Gasteiger partial charge on any atom is 0.408 e. The van der Waals surface area contributed by atoms with Crippen LogP contribution in [0.5, 0.6) is 5.75 Å². The van der Waals surface area contributed by atoms with Gasteiger partial charge in [-0.15, -0.1) is 0 Å². The zero-order valence-electron chi connectivity index (χ0n) is 17.5. The number of alkyl carbamates (subject to hydrolysis) is 1. The Hall–Kier alpha value is -3.59. The van der Waals surface area contributed by atoms with Gasteiger partial charge in [0.15, 0.2) is 6.10 Å². The highest BCUT2D eigenvalue weighted by molar-refractivity contribution is 5.82. The molecule has 164 valence electrons. The van der Waals surface area contributed by atoms with Gasteiger partial charge in [-0.25, -0.2) is 14.6 Å². The maximum atomic E-state index is 11.8. The number of carbonyl (C=O) groups excluding carboxylic acids is 1. The number of fused-ring (bicyclic) bond motifs is 1. The molecule has 9 heteroatoms. The van der Waals surface area contributed by atoms with E-state index in [0.717, 1.165) is 22.2 Å². The summed E-state index contributed by atoms with van der Waals surface area (Å²) in [5.41, 5.74) is 2.90. The first-order chi connectivity index (χ1) is 14.6. The summed E-state index contributed by atoms with van der Waals surface area (Å²) < 4.78 is 10.5. The molecule has 0 spiro atoms. The Balaban J connectivity index is 1.65. The molecule has 3 aromatic rings. The van der Waals surface area contributed by atoms with E-state index in [1.165, 1.54) is 0 Å². The van der Waals surface area contributed by atoms with Crippen LogP contribution < -0.4 is 10.1 Å². The third-order valence-corrected chi connectivity index (χ3v) is 4.21. The fourth-order valence-corrected chi connectivity index (χ4v) is 2.79. The van der Waals surface area contributed by atoms with E-state index >= 15 is 0 Å². The number of carboxylic acids is 1. The van der Waals surface area contributed by atoms with Gasteiger partial charge in [0.2, 0.25) is 0 Å². The van der Waals surface area contributed by atoms with E-state index in [0.29, 0.717) is 11.6 Å². The molecule has 0 saturated heterocycles. The summed E-state index contributed by atoms with van der Waals surface area (Å²) in [5.74, 6) is -0.258. The SMILES string of the molecule is CC(C)(C)OC(=O)NCc1nc2ccc(-c3ccc(OC[C@@H](O)C(=O)O)cc3)cc2[nH]1. The normalized spacial score (nSPS) is 12.4. The van der Waals surface area contributed by atoms with Gasteiger partial charge >= 0.3 is 12.1 Å². The zero-order chi connectivity index (χ0) is 22.6. The molecule has 0 fully saturated rings. The zero-order valence-corrected chi connectivity index (χ0v) is 17.5. The highest BCUT2D eigenvalue weighted by Crippen LogP contribution is 2.25. The van der Waals surface area contributed by atoms with E-state index in [1.807, 2.05) is 30.3 Å². The van der Waals surface area contributed by atoms with Crippen molar-refractivity contribution in [3.05, 3.63) is 48.3 Å². The highest BCUT2D eigenvalue weighted by Gasteiger charge is 2.16. The van der Waals surface area contributed by atoms with Crippen LogP contribution in [0, 0.1) is 0 Å². The number of amides is 1. The molecule has 9 nitrogen and oxygen atoms in total. The van der Waals surface area contributed by atoms with Crippen LogP contribution in [-0.2, 0) is 16.1 Å². The molecule has 1 atom stereocenters. The Morgan fingerprint density at radius 2 is 1.81 bits per heavy atom. The molecular weight excluding hydrogens is 402 g/mol. The first kappa shape index (κ1) is 22.1. The van der Waals surface area contributed by atoms with Crippen LogP contribution in [0.2, 0.25) is 0 Å². The lowest BCUT2D eigenvalue weighted by Gasteiger charge is -2.19. The van der Waals surface area contributed by atoms with Crippen LogP contribution >= 0.6 is 0 Å². The molecule has 1 heterocycles. The van der Waals surface area contributed by atoms with Crippen molar-refractivity contribution in [2.75, 3.05) is 6.61 Å². The Bertz CT molecular complexity index is 1070. The minimum absolute atomic E-state index is 0.215. The Morgan fingerprint density at radius 1 is 1.13 bits per heavy atom. The van der Waals surface area contributed by atoms with Gasteiger partial charge in [0.25, 0.3) is 0 Å². The Morgan fingerprint density at radius 3 is 2.45 bits per heavy atom. The number of aliphatic hydroxyl groups excluding tert-OH is 1. The second-order valence-electron chi connectivity index (χ2n) is 7.96. The fraction of sp³-hybridized carbons (Fsp3) is 0.318. The van der Waals surface area contributed by atoms with Crippen LogP contribution in [0.3, 0.4) is 0 Å². The number of H-pyrrole nitrogens is 1. The summed E-state index contributed by atoms with van der Waals surface area (Å²) in [7, 11) is 0. The summed E-state index contributed by atoms with van der Waals surface area (Å²) >= 11 is 0. The molecule has 0 radical (unpaired) electrons. The molecule has 0 aliphatic carbocycles. The number of ether oxygens (including phenoxy) is 2. The van der Waals surface area contributed by atoms with Gasteiger partial charge in [-0.1, -0.05) is 18.2 Å². The van der Waals surface area contributed by atoms with E-state index in [9.17, 15) is 14.7 Å². The summed E-state index contributed by atoms with van der Waals surface area (Å²) in [5, 5.41) is 20.6. The highest BCUT2D eigenvalue weighted by atomic mass is 16.6. The topological polar surface area (TPSA) is 134 Å². The number of nitrogens with zero attached hydrogens (tertiary/aromatic N) is 1. The summed E-state index contributed by atoms with van der Waals surface area (Å²) in [6.07, 6.45) is -2.08. The number of carboxylic acid groups (broad SMARTS) is 1. The lowest BCUT2D eigenvalue weighted by atomic mass is 10.1. The number of aliphatic carboxylic acids is 1. The van der Waals surface area contributed by atoms with Crippen molar-refractivity contribution >= 4 is 23.1 Å². The quantitative estimate of drug-likeness (QED) is 0.455. The standard InChI is InChI=1S/C22H25N3O6/c1-22(2,3)31-21(29)23-11-19-24-16-9-6-14(10-17(16)25-19)13-4-7-15(8-5-13)30-12-18(26)20(27)28/h4-10,18,26H,11-12H2,1-3H3,(H,23,29)(H,24,25)(H,27,28)/t18-/m1/s1. The van der Waals surface area contributed by atoms with E-state index in [-0.39, 0.29) is 13.2 Å². The minimum atomic E-state index is -1.57. The van der Waals surface area contributed by atoms with Crippen molar-refractivity contribution in [2.24, 2.45) is 0 Å². The van der Waals surface area contributed by atoms with Crippen molar-refractivity contribution in [2.45, 2.75) is 39.0 Å². The number of carbonyl (C=O) groups is 2. The van der Waals surface area contributed by atoms with Gasteiger partial charge in [-0.05, 0) is 56.2 Å². The Kier molecular flexibility index (Phi) is 6.45. The molecule has 2 aromatic carbocycles. The smallest absolute Gasteiger partial charge is 0.408 e. The van der Waals surface area contributed by atoms with Gasteiger partial charge in [0, 0.05) is 0 Å². The van der Waals surface area contributed by atoms with Gasteiger partial charge < -0.3 is 30.0 Å². The molecular formula is C22H25N3O6. The number of hydrogen-bond donors (Lipinski definition) is 4. The van der Waals surface area contributed by atoms with Crippen molar-refractivity contribution in [1.29, 1.82) is 0 Å². The minimum Gasteiger partial charge on any atom is -0.490 e. The van der Waals surface area contributed by atoms with E-state index in [1.54, 1.807) is 32.9 Å². The molecule has 4 N–H and O–H groups in total. The van der Waals surface area contributed by atoms with Crippen molar-refractivity contribution in [3.63, 3.8) is 0 Å². The van der Waals surface area contributed by atoms with E-state index in [4.69, 9.17) is 14.6 Å². The van der Waals surface area contributed by atoms with E-state index < -0.39 is 23.8 Å². The van der Waals surface area contributed by atoms with Crippen molar-refractivity contribution < 1.29 is 29.3 Å². The second kappa shape index (κ2) is 9.05. The molecule has 0 saturated carbocycles. The molecule has 0 unspecified atom stereocenters. The maximum absolute atomic E-state index is 11.8. The summed E-state index contributed by atoms with van der Waals surface area (Å²) in [4.78, 5) is 30.1. The third kappa shape index (κ3) is 6.19. The number of imidazole rings is 1. The first-order valence-electron chi connectivity index (χ1n) is 9.70. The van der Waals surface area contributed by atoms with Crippen LogP contribution in [0.4, 0.5) is 4.79 Å². The van der Waals surface area contributed by atoms with Gasteiger partial charge in [-0.3, -0.25) is 0 Å². The van der Waals surface area contributed by atoms with Crippen molar-refractivity contribution in [1.82, 2.24) is 15.3 Å². The van der Waals surface area contributed by atoms with Crippen molar-refractivity contribution in [3.8, 4) is 16.9 Å². The molecule has 0 aliphatic rings. The largest absolute Gasteiger partial charge is 0.490 e. The number of rotatable bonds is 7. The molecule has 0 aliphatic heterocycles. The average molecular weight is 427 g/mol. The van der Waals surface area contributed by atoms with Gasteiger partial charge in [-0.2, -0.15) is 0 Å². The number of aromatic amines is 1. The molecule has 1 aromatic heterocycles. The molecule has 31 heavy (non-hydrogen) atoms.